The van der Waals surface area contributed by atoms with Gasteiger partial charge < -0.3 is 0 Å². The molecule has 0 atom stereocenters. The van der Waals surface area contributed by atoms with Crippen LogP contribution in [0.2, 0.25) is 10.0 Å². The van der Waals surface area contributed by atoms with Crippen molar-refractivity contribution in [1.82, 2.24) is 15.2 Å². The number of hydrogen-bond acceptors (Lipinski definition) is 5. The molecule has 0 bridgehead atoms. The second-order valence-electron chi connectivity index (χ2n) is 5.69. The van der Waals surface area contributed by atoms with Gasteiger partial charge in [0.05, 0.1) is 17.7 Å². The van der Waals surface area contributed by atoms with Crippen LogP contribution in [-0.4, -0.2) is 26.8 Å². The molecule has 0 aliphatic carbocycles. The summed E-state index contributed by atoms with van der Waals surface area (Å²) in [6.45, 7) is 0.375. The van der Waals surface area contributed by atoms with Crippen LogP contribution in [0.5, 0.6) is 0 Å². The van der Waals surface area contributed by atoms with Gasteiger partial charge in [0, 0.05) is 33.9 Å². The second kappa shape index (κ2) is 8.64. The van der Waals surface area contributed by atoms with Crippen LogP contribution in [-0.2, 0) is 6.54 Å². The van der Waals surface area contributed by atoms with Crippen LogP contribution in [0.3, 0.4) is 0 Å². The Morgan fingerprint density at radius 3 is 2.82 bits per heavy atom. The first-order valence-corrected chi connectivity index (χ1v) is 8.73. The van der Waals surface area contributed by atoms with Crippen molar-refractivity contribution in [2.45, 2.75) is 6.54 Å². The van der Waals surface area contributed by atoms with Crippen LogP contribution in [0.4, 0.5) is 5.69 Å². The molecule has 0 saturated heterocycles. The lowest BCUT2D eigenvalue weighted by Crippen LogP contribution is -2.18. The van der Waals surface area contributed by atoms with Gasteiger partial charge in [-0.2, -0.15) is 10.2 Å². The topological polar surface area (TPSA) is 102 Å². The molecule has 0 spiro atoms. The van der Waals surface area contributed by atoms with E-state index in [4.69, 9.17) is 23.2 Å². The predicted molar refractivity (Wildman–Crippen MR) is 106 cm³/mol. The van der Waals surface area contributed by atoms with E-state index >= 15 is 0 Å². The molecule has 142 valence electrons. The van der Waals surface area contributed by atoms with Crippen molar-refractivity contribution in [2.24, 2.45) is 5.10 Å². The van der Waals surface area contributed by atoms with E-state index in [1.807, 2.05) is 0 Å². The Bertz CT molecular complexity index is 1060. The van der Waals surface area contributed by atoms with Crippen molar-refractivity contribution in [3.63, 3.8) is 0 Å². The van der Waals surface area contributed by atoms with Crippen molar-refractivity contribution in [1.29, 1.82) is 0 Å². The highest BCUT2D eigenvalue weighted by Crippen LogP contribution is 2.21. The first kappa shape index (κ1) is 19.5. The van der Waals surface area contributed by atoms with Gasteiger partial charge in [-0.3, -0.25) is 19.6 Å². The highest BCUT2D eigenvalue weighted by atomic mass is 35.5. The Labute approximate surface area is 169 Å². The number of carbonyl (C=O) groups is 1. The minimum absolute atomic E-state index is 0.0603. The minimum atomic E-state index is -0.511. The summed E-state index contributed by atoms with van der Waals surface area (Å²) in [6, 6.07) is 12.6. The molecule has 0 radical (unpaired) electrons. The van der Waals surface area contributed by atoms with E-state index in [-0.39, 0.29) is 11.4 Å². The van der Waals surface area contributed by atoms with Gasteiger partial charge in [-0.25, -0.2) is 5.43 Å². The molecule has 1 aromatic heterocycles. The number of rotatable bonds is 6. The third kappa shape index (κ3) is 4.93. The quantitative estimate of drug-likeness (QED) is 0.373. The van der Waals surface area contributed by atoms with Gasteiger partial charge in [-0.05, 0) is 23.8 Å². The van der Waals surface area contributed by atoms with E-state index in [0.717, 1.165) is 5.56 Å². The smallest absolute Gasteiger partial charge is 0.267 e. The maximum Gasteiger partial charge on any atom is 0.291 e. The zero-order chi connectivity index (χ0) is 20.1. The van der Waals surface area contributed by atoms with Crippen molar-refractivity contribution in [2.75, 3.05) is 0 Å². The molecule has 0 aliphatic rings. The summed E-state index contributed by atoms with van der Waals surface area (Å²) in [5.41, 5.74) is 3.73. The fourth-order valence-electron chi connectivity index (χ4n) is 2.34. The SMILES string of the molecule is O=C(N/N=C/c1cccc([N+](=O)[O-])c1)c1ccn(Cc2ccc(Cl)cc2Cl)n1. The number of nitro benzene ring substituents is 1. The minimum Gasteiger partial charge on any atom is -0.267 e. The summed E-state index contributed by atoms with van der Waals surface area (Å²) < 4.78 is 1.56. The van der Waals surface area contributed by atoms with E-state index < -0.39 is 10.8 Å². The number of amides is 1. The highest BCUT2D eigenvalue weighted by molar-refractivity contribution is 6.35. The maximum atomic E-state index is 12.1. The lowest BCUT2D eigenvalue weighted by atomic mass is 10.2. The number of carbonyl (C=O) groups excluding carboxylic acids is 1. The maximum absolute atomic E-state index is 12.1. The lowest BCUT2D eigenvalue weighted by Gasteiger charge is -2.05. The van der Waals surface area contributed by atoms with E-state index in [9.17, 15) is 14.9 Å². The molecule has 0 aliphatic heterocycles. The lowest BCUT2D eigenvalue weighted by molar-refractivity contribution is -0.384. The first-order valence-electron chi connectivity index (χ1n) is 7.97. The number of aromatic nitrogens is 2. The van der Waals surface area contributed by atoms with Crippen molar-refractivity contribution in [3.05, 3.63) is 91.7 Å². The zero-order valence-corrected chi connectivity index (χ0v) is 15.8. The number of non-ortho nitro benzene ring substituents is 1. The summed E-state index contributed by atoms with van der Waals surface area (Å²) in [5.74, 6) is -0.511. The molecule has 8 nitrogen and oxygen atoms in total. The Morgan fingerprint density at radius 2 is 2.07 bits per heavy atom. The molecule has 1 amide bonds. The first-order chi connectivity index (χ1) is 13.4. The van der Waals surface area contributed by atoms with Gasteiger partial charge >= 0.3 is 0 Å². The van der Waals surface area contributed by atoms with Crippen LogP contribution in [0.1, 0.15) is 21.6 Å². The van der Waals surface area contributed by atoms with Crippen LogP contribution in [0, 0.1) is 10.1 Å². The molecule has 3 rings (SSSR count). The number of hydrazone groups is 1. The summed E-state index contributed by atoms with van der Waals surface area (Å²) in [7, 11) is 0. The summed E-state index contributed by atoms with van der Waals surface area (Å²) in [5, 5.41) is 19.8. The third-order valence-corrected chi connectivity index (χ3v) is 4.27. The molecule has 3 aromatic rings. The van der Waals surface area contributed by atoms with Gasteiger partial charge in [0.15, 0.2) is 5.69 Å². The van der Waals surface area contributed by atoms with Gasteiger partial charge in [-0.15, -0.1) is 0 Å². The molecule has 1 N–H and O–H groups in total. The molecular formula is C18H13Cl2N5O3. The molecule has 1 heterocycles. The van der Waals surface area contributed by atoms with Crippen LogP contribution >= 0.6 is 23.2 Å². The Kier molecular flexibility index (Phi) is 6.03. The second-order valence-corrected chi connectivity index (χ2v) is 6.53. The molecule has 0 saturated carbocycles. The molecule has 28 heavy (non-hydrogen) atoms. The Balaban J connectivity index is 1.62. The number of benzene rings is 2. The molecular weight excluding hydrogens is 405 g/mol. The third-order valence-electron chi connectivity index (χ3n) is 3.68. The molecule has 10 heteroatoms. The van der Waals surface area contributed by atoms with E-state index in [0.29, 0.717) is 22.2 Å². The largest absolute Gasteiger partial charge is 0.291 e. The number of hydrogen-bond donors (Lipinski definition) is 1. The van der Waals surface area contributed by atoms with Gasteiger partial charge in [0.1, 0.15) is 0 Å². The molecule has 2 aromatic carbocycles. The Hall–Kier alpha value is -3.23. The fourth-order valence-corrected chi connectivity index (χ4v) is 2.80. The standard InChI is InChI=1S/C18H13Cl2N5O3/c19-14-5-4-13(16(20)9-14)11-24-7-6-17(23-24)18(26)22-21-10-12-2-1-3-15(8-12)25(27)28/h1-10H,11H2,(H,22,26)/b21-10+. The van der Waals surface area contributed by atoms with E-state index in [1.54, 1.807) is 41.2 Å². The average molecular weight is 418 g/mol. The van der Waals surface area contributed by atoms with E-state index in [2.05, 4.69) is 15.6 Å². The summed E-state index contributed by atoms with van der Waals surface area (Å²) in [6.07, 6.45) is 2.96. The number of nitrogens with zero attached hydrogens (tertiary/aromatic N) is 4. The van der Waals surface area contributed by atoms with E-state index in [1.165, 1.54) is 24.4 Å². The normalized spacial score (nSPS) is 10.9. The van der Waals surface area contributed by atoms with Gasteiger partial charge in [0.25, 0.3) is 11.6 Å². The monoisotopic (exact) mass is 417 g/mol. The van der Waals surface area contributed by atoms with Crippen LogP contribution in [0.25, 0.3) is 0 Å². The number of nitrogens with one attached hydrogen (secondary N) is 1. The van der Waals surface area contributed by atoms with Gasteiger partial charge in [0.2, 0.25) is 0 Å². The van der Waals surface area contributed by atoms with Crippen LogP contribution in [0.15, 0.2) is 59.8 Å². The summed E-state index contributed by atoms with van der Waals surface area (Å²) >= 11 is 12.0. The zero-order valence-electron chi connectivity index (χ0n) is 14.3. The predicted octanol–water partition coefficient (Wildman–Crippen LogP) is 3.91. The molecule has 0 unspecified atom stereocenters. The average Bonchev–Trinajstić information content (AvgIpc) is 3.13. The van der Waals surface area contributed by atoms with Crippen molar-refractivity contribution < 1.29 is 9.72 Å². The molecule has 0 fully saturated rings. The number of halogens is 2. The van der Waals surface area contributed by atoms with Gasteiger partial charge in [-0.1, -0.05) is 41.4 Å². The number of nitro groups is 1. The highest BCUT2D eigenvalue weighted by Gasteiger charge is 2.10. The van der Waals surface area contributed by atoms with Crippen LogP contribution < -0.4 is 5.43 Å². The summed E-state index contributed by atoms with van der Waals surface area (Å²) in [4.78, 5) is 22.4. The van der Waals surface area contributed by atoms with Crippen molar-refractivity contribution >= 4 is 41.0 Å². The fraction of sp³-hybridized carbons (Fsp3) is 0.0556. The van der Waals surface area contributed by atoms with Crippen molar-refractivity contribution in [3.8, 4) is 0 Å². The Morgan fingerprint density at radius 1 is 1.25 bits per heavy atom.